The zero-order chi connectivity index (χ0) is 28.3. The fourth-order valence-electron chi connectivity index (χ4n) is 3.85. The monoisotopic (exact) mass is 531 g/mol. The first-order valence-corrected chi connectivity index (χ1v) is 12.9. The Labute approximate surface area is 224 Å². The molecule has 2 aliphatic heterocycles. The van der Waals surface area contributed by atoms with Gasteiger partial charge in [-0.15, -0.1) is 0 Å². The topological polar surface area (TPSA) is 132 Å². The number of ether oxygens (including phenoxy) is 3. The van der Waals surface area contributed by atoms with Crippen LogP contribution in [0.15, 0.2) is 36.4 Å². The summed E-state index contributed by atoms with van der Waals surface area (Å²) in [5.74, 6) is -0.909. The molecule has 0 saturated carbocycles. The molecule has 210 valence electrons. The van der Waals surface area contributed by atoms with Crippen LogP contribution in [0.25, 0.3) is 0 Å². The minimum atomic E-state index is -1.02. The lowest BCUT2D eigenvalue weighted by molar-refractivity contribution is -0.145. The van der Waals surface area contributed by atoms with Gasteiger partial charge in [0, 0.05) is 6.42 Å². The Morgan fingerprint density at radius 3 is 2.37 bits per heavy atom. The van der Waals surface area contributed by atoms with Crippen LogP contribution >= 0.6 is 0 Å². The number of hydrogen-bond donors (Lipinski definition) is 3. The molecule has 2 aliphatic rings. The van der Waals surface area contributed by atoms with Gasteiger partial charge in [0.15, 0.2) is 0 Å². The number of alkyl carbamates (subject to hydrolysis) is 1. The molecule has 10 heteroatoms. The smallest absolute Gasteiger partial charge is 0.408 e. The molecule has 10 nitrogen and oxygen atoms in total. The summed E-state index contributed by atoms with van der Waals surface area (Å²) in [6.07, 6.45) is 4.28. The molecule has 3 rings (SSSR count). The first-order valence-electron chi connectivity index (χ1n) is 12.9. The average molecular weight is 532 g/mol. The van der Waals surface area contributed by atoms with E-state index in [9.17, 15) is 19.2 Å². The number of amides is 3. The van der Waals surface area contributed by atoms with E-state index in [4.69, 9.17) is 14.2 Å². The van der Waals surface area contributed by atoms with E-state index in [0.29, 0.717) is 31.6 Å². The number of carbonyl (C=O) groups is 4. The maximum Gasteiger partial charge on any atom is 0.408 e. The molecule has 0 spiro atoms. The van der Waals surface area contributed by atoms with E-state index in [2.05, 4.69) is 16.0 Å². The second-order valence-electron chi connectivity index (χ2n) is 10.7. The Hall–Kier alpha value is -3.56. The van der Waals surface area contributed by atoms with Crippen LogP contribution in [0.5, 0.6) is 5.75 Å². The third-order valence-electron chi connectivity index (χ3n) is 5.65. The number of nitrogens with one attached hydrogen (secondary N) is 3. The van der Waals surface area contributed by atoms with Crippen LogP contribution in [0.4, 0.5) is 4.79 Å². The van der Waals surface area contributed by atoms with E-state index in [1.54, 1.807) is 32.9 Å². The molecule has 0 fully saturated rings. The maximum atomic E-state index is 13.4. The normalized spacial score (nSPS) is 22.2. The fraction of sp³-hybridized carbons (Fsp3) is 0.571. The summed E-state index contributed by atoms with van der Waals surface area (Å²) in [6.45, 7) is 9.36. The van der Waals surface area contributed by atoms with Crippen molar-refractivity contribution in [2.24, 2.45) is 5.92 Å². The van der Waals surface area contributed by atoms with Crippen LogP contribution in [-0.4, -0.2) is 61.3 Å². The first kappa shape index (κ1) is 30.7. The van der Waals surface area contributed by atoms with Crippen LogP contribution in [0.2, 0.25) is 0 Å². The predicted octanol–water partition coefficient (Wildman–Crippen LogP) is 3.04. The van der Waals surface area contributed by atoms with Gasteiger partial charge in [0.1, 0.15) is 36.1 Å². The summed E-state index contributed by atoms with van der Waals surface area (Å²) >= 11 is 0. The van der Waals surface area contributed by atoms with Crippen molar-refractivity contribution >= 4 is 23.9 Å². The standard InChI is InChI=1S/C28H41N3O7/c1-18(2)16-22-24(32)29-21(26(34)36-6)10-8-7-9-15-37-20-13-11-19(12-14-20)17-23(25(33)30-22)31-27(35)38-28(3,4)5/h7,9,11-14,18,21-23H,8,10,15-17H2,1-6H3,(H,29,32)(H,30,33)(H,31,35)/b9-7-/t21-,22-,23-/m0/s1. The number of rotatable bonds is 4. The minimum absolute atomic E-state index is 0.0632. The largest absolute Gasteiger partial charge is 0.490 e. The third kappa shape index (κ3) is 10.8. The van der Waals surface area contributed by atoms with Gasteiger partial charge in [0.2, 0.25) is 11.8 Å². The van der Waals surface area contributed by atoms with Gasteiger partial charge in [-0.05, 0) is 63.6 Å². The van der Waals surface area contributed by atoms with Crippen molar-refractivity contribution in [3.8, 4) is 5.75 Å². The summed E-state index contributed by atoms with van der Waals surface area (Å²) in [7, 11) is 1.26. The van der Waals surface area contributed by atoms with Gasteiger partial charge >= 0.3 is 12.1 Å². The van der Waals surface area contributed by atoms with Crippen LogP contribution in [0.3, 0.4) is 0 Å². The van der Waals surface area contributed by atoms with E-state index in [0.717, 1.165) is 5.56 Å². The molecule has 3 atom stereocenters. The second-order valence-corrected chi connectivity index (χ2v) is 10.7. The number of esters is 1. The molecule has 2 bridgehead atoms. The minimum Gasteiger partial charge on any atom is -0.490 e. The van der Waals surface area contributed by atoms with Gasteiger partial charge in [-0.3, -0.25) is 9.59 Å². The molecule has 2 heterocycles. The van der Waals surface area contributed by atoms with E-state index in [-0.39, 0.29) is 12.3 Å². The van der Waals surface area contributed by atoms with E-state index in [1.165, 1.54) is 7.11 Å². The maximum absolute atomic E-state index is 13.4. The van der Waals surface area contributed by atoms with Crippen molar-refractivity contribution in [2.75, 3.05) is 13.7 Å². The lowest BCUT2D eigenvalue weighted by Crippen LogP contribution is -2.56. The van der Waals surface area contributed by atoms with Crippen LogP contribution in [0, 0.1) is 5.92 Å². The number of fused-ring (bicyclic) bond motifs is 14. The van der Waals surface area contributed by atoms with Gasteiger partial charge in [0.05, 0.1) is 7.11 Å². The zero-order valence-corrected chi connectivity index (χ0v) is 23.2. The molecule has 1 aromatic carbocycles. The molecule has 3 amide bonds. The highest BCUT2D eigenvalue weighted by Crippen LogP contribution is 2.16. The lowest BCUT2D eigenvalue weighted by Gasteiger charge is -2.27. The molecule has 0 radical (unpaired) electrons. The molecule has 0 aliphatic carbocycles. The van der Waals surface area contributed by atoms with Gasteiger partial charge in [-0.2, -0.15) is 0 Å². The summed E-state index contributed by atoms with van der Waals surface area (Å²) in [5, 5.41) is 8.14. The van der Waals surface area contributed by atoms with E-state index in [1.807, 2.05) is 38.1 Å². The fourth-order valence-corrected chi connectivity index (χ4v) is 3.85. The molecule has 0 aromatic heterocycles. The van der Waals surface area contributed by atoms with Gasteiger partial charge in [-0.25, -0.2) is 9.59 Å². The number of hydrogen-bond acceptors (Lipinski definition) is 7. The number of benzene rings is 1. The van der Waals surface area contributed by atoms with Crippen molar-refractivity contribution in [3.63, 3.8) is 0 Å². The van der Waals surface area contributed by atoms with Crippen LogP contribution in [0.1, 0.15) is 59.4 Å². The highest BCUT2D eigenvalue weighted by atomic mass is 16.6. The summed E-state index contributed by atoms with van der Waals surface area (Å²) in [5.41, 5.74) is 0.0211. The molecular weight excluding hydrogens is 490 g/mol. The SMILES string of the molecule is COC(=O)[C@@H]1CC/C=C\COc2ccc(cc2)C[C@H](NC(=O)OC(C)(C)C)C(=O)N[C@@H](CC(C)C)C(=O)N1. The highest BCUT2D eigenvalue weighted by molar-refractivity contribution is 5.93. The lowest BCUT2D eigenvalue weighted by atomic mass is 10.0. The Morgan fingerprint density at radius 2 is 1.76 bits per heavy atom. The summed E-state index contributed by atoms with van der Waals surface area (Å²) < 4.78 is 16.0. The highest BCUT2D eigenvalue weighted by Gasteiger charge is 2.31. The Bertz CT molecular complexity index is 983. The third-order valence-corrected chi connectivity index (χ3v) is 5.65. The van der Waals surface area contributed by atoms with Gasteiger partial charge in [0.25, 0.3) is 0 Å². The Balaban J connectivity index is 2.38. The second kappa shape index (κ2) is 14.4. The van der Waals surface area contributed by atoms with Gasteiger partial charge in [-0.1, -0.05) is 38.1 Å². The molecule has 0 unspecified atom stereocenters. The number of carbonyl (C=O) groups excluding carboxylic acids is 4. The van der Waals surface area contributed by atoms with Crippen molar-refractivity contribution in [3.05, 3.63) is 42.0 Å². The molecule has 0 saturated heterocycles. The Kier molecular flexibility index (Phi) is 11.6. The van der Waals surface area contributed by atoms with E-state index >= 15 is 0 Å². The summed E-state index contributed by atoms with van der Waals surface area (Å²) in [6, 6.07) is 4.39. The molecule has 38 heavy (non-hydrogen) atoms. The average Bonchev–Trinajstić information content (AvgIpc) is 2.82. The molecule has 1 aromatic rings. The molecule has 3 N–H and O–H groups in total. The Morgan fingerprint density at radius 1 is 1.08 bits per heavy atom. The summed E-state index contributed by atoms with van der Waals surface area (Å²) in [4.78, 5) is 51.6. The van der Waals surface area contributed by atoms with Crippen LogP contribution in [-0.2, 0) is 30.3 Å². The van der Waals surface area contributed by atoms with Crippen LogP contribution < -0.4 is 20.7 Å². The molecular formula is C28H41N3O7. The quantitative estimate of drug-likeness (QED) is 0.402. The van der Waals surface area contributed by atoms with Crippen molar-refractivity contribution in [1.29, 1.82) is 0 Å². The zero-order valence-electron chi connectivity index (χ0n) is 23.2. The van der Waals surface area contributed by atoms with Crippen molar-refractivity contribution in [2.45, 2.75) is 84.0 Å². The van der Waals surface area contributed by atoms with E-state index < -0.39 is 47.6 Å². The number of methoxy groups -OCH3 is 1. The predicted molar refractivity (Wildman–Crippen MR) is 143 cm³/mol. The van der Waals surface area contributed by atoms with Crippen molar-refractivity contribution < 1.29 is 33.4 Å². The number of allylic oxidation sites excluding steroid dienone is 1. The van der Waals surface area contributed by atoms with Crippen molar-refractivity contribution in [1.82, 2.24) is 16.0 Å². The first-order chi connectivity index (χ1) is 17.9. The van der Waals surface area contributed by atoms with Gasteiger partial charge < -0.3 is 30.2 Å².